The highest BCUT2D eigenvalue weighted by Crippen LogP contribution is 2.24. The molecule has 1 N–H and O–H groups in total. The number of rotatable bonds is 2. The molecule has 104 valence electrons. The van der Waals surface area contributed by atoms with Crippen molar-refractivity contribution in [1.82, 2.24) is 9.88 Å². The summed E-state index contributed by atoms with van der Waals surface area (Å²) in [6.45, 7) is 6.75. The Morgan fingerprint density at radius 3 is 2.95 bits per heavy atom. The van der Waals surface area contributed by atoms with Crippen LogP contribution < -0.4 is 4.90 Å². The molecule has 4 nitrogen and oxygen atoms in total. The van der Waals surface area contributed by atoms with E-state index in [1.54, 1.807) is 0 Å². The average molecular weight is 261 g/mol. The van der Waals surface area contributed by atoms with Gasteiger partial charge in [-0.25, -0.2) is 4.98 Å². The fourth-order valence-corrected chi connectivity index (χ4v) is 3.39. The van der Waals surface area contributed by atoms with Gasteiger partial charge in [-0.15, -0.1) is 0 Å². The summed E-state index contributed by atoms with van der Waals surface area (Å²) >= 11 is 0. The maximum atomic E-state index is 9.34. The van der Waals surface area contributed by atoms with Crippen molar-refractivity contribution in [2.75, 3.05) is 31.1 Å². The maximum Gasteiger partial charge on any atom is 0.129 e. The van der Waals surface area contributed by atoms with Crippen molar-refractivity contribution in [2.45, 2.75) is 38.8 Å². The van der Waals surface area contributed by atoms with Gasteiger partial charge in [-0.2, -0.15) is 0 Å². The van der Waals surface area contributed by atoms with Gasteiger partial charge in [0.05, 0.1) is 6.61 Å². The lowest BCUT2D eigenvalue weighted by Gasteiger charge is -2.27. The average Bonchev–Trinajstić information content (AvgIpc) is 2.75. The second-order valence-corrected chi connectivity index (χ2v) is 5.76. The molecule has 2 aliphatic heterocycles. The van der Waals surface area contributed by atoms with E-state index in [0.29, 0.717) is 6.04 Å². The molecule has 3 heterocycles. The summed E-state index contributed by atoms with van der Waals surface area (Å²) in [4.78, 5) is 9.69. The van der Waals surface area contributed by atoms with Crippen molar-refractivity contribution in [3.8, 4) is 0 Å². The third kappa shape index (κ3) is 2.74. The monoisotopic (exact) mass is 261 g/mol. The van der Waals surface area contributed by atoms with Gasteiger partial charge in [-0.3, -0.25) is 4.90 Å². The van der Waals surface area contributed by atoms with Crippen molar-refractivity contribution < 1.29 is 5.11 Å². The van der Waals surface area contributed by atoms with E-state index in [2.05, 4.69) is 14.8 Å². The second kappa shape index (κ2) is 5.47. The highest BCUT2D eigenvalue weighted by molar-refractivity contribution is 5.43. The van der Waals surface area contributed by atoms with Crippen molar-refractivity contribution in [3.63, 3.8) is 0 Å². The molecule has 1 atom stereocenters. The van der Waals surface area contributed by atoms with E-state index in [1.165, 1.54) is 32.4 Å². The Balaban J connectivity index is 1.82. The molecule has 4 heteroatoms. The third-order valence-electron chi connectivity index (χ3n) is 4.31. The Morgan fingerprint density at radius 2 is 2.11 bits per heavy atom. The van der Waals surface area contributed by atoms with Crippen LogP contribution in [0.5, 0.6) is 0 Å². The number of aliphatic hydroxyl groups excluding tert-OH is 1. The van der Waals surface area contributed by atoms with E-state index in [4.69, 9.17) is 0 Å². The number of nitrogens with zero attached hydrogens (tertiary/aromatic N) is 3. The fourth-order valence-electron chi connectivity index (χ4n) is 3.39. The number of aryl methyl sites for hydroxylation is 1. The van der Waals surface area contributed by atoms with E-state index in [-0.39, 0.29) is 6.61 Å². The Morgan fingerprint density at radius 1 is 1.26 bits per heavy atom. The Kier molecular flexibility index (Phi) is 3.71. The third-order valence-corrected chi connectivity index (χ3v) is 4.31. The smallest absolute Gasteiger partial charge is 0.129 e. The fraction of sp³-hybridized carbons (Fsp3) is 0.667. The van der Waals surface area contributed by atoms with Crippen LogP contribution in [0, 0.1) is 6.92 Å². The zero-order valence-corrected chi connectivity index (χ0v) is 11.7. The Hall–Kier alpha value is -1.13. The quantitative estimate of drug-likeness (QED) is 0.877. The number of pyridine rings is 1. The lowest BCUT2D eigenvalue weighted by atomic mass is 10.2. The molecule has 1 unspecified atom stereocenters. The summed E-state index contributed by atoms with van der Waals surface area (Å²) in [5.74, 6) is 1.04. The molecule has 0 spiro atoms. The van der Waals surface area contributed by atoms with E-state index < -0.39 is 0 Å². The first-order chi connectivity index (χ1) is 9.26. The molecule has 2 fully saturated rings. The number of hydrogen-bond acceptors (Lipinski definition) is 4. The molecular formula is C15H23N3O. The van der Waals surface area contributed by atoms with E-state index >= 15 is 0 Å². The summed E-state index contributed by atoms with van der Waals surface area (Å²) in [5, 5.41) is 9.34. The summed E-state index contributed by atoms with van der Waals surface area (Å²) in [5.41, 5.74) is 1.96. The normalized spacial score (nSPS) is 24.3. The van der Waals surface area contributed by atoms with Crippen LogP contribution >= 0.6 is 0 Å². The molecule has 0 amide bonds. The summed E-state index contributed by atoms with van der Waals surface area (Å²) in [7, 11) is 0. The van der Waals surface area contributed by atoms with E-state index in [0.717, 1.165) is 30.2 Å². The molecule has 0 aromatic carbocycles. The van der Waals surface area contributed by atoms with Gasteiger partial charge in [0.1, 0.15) is 5.82 Å². The molecule has 0 saturated carbocycles. The number of aliphatic hydroxyl groups is 1. The number of aromatic nitrogens is 1. The minimum absolute atomic E-state index is 0.0970. The first-order valence-corrected chi connectivity index (χ1v) is 7.33. The Labute approximate surface area is 115 Å². The zero-order chi connectivity index (χ0) is 13.2. The van der Waals surface area contributed by atoms with Gasteiger partial charge in [0.15, 0.2) is 0 Å². The molecule has 3 rings (SSSR count). The lowest BCUT2D eigenvalue weighted by Crippen LogP contribution is -2.37. The van der Waals surface area contributed by atoms with Crippen molar-refractivity contribution in [3.05, 3.63) is 23.4 Å². The van der Waals surface area contributed by atoms with Gasteiger partial charge in [-0.05, 0) is 50.4 Å². The predicted molar refractivity (Wildman–Crippen MR) is 76.3 cm³/mol. The topological polar surface area (TPSA) is 39.6 Å². The summed E-state index contributed by atoms with van der Waals surface area (Å²) in [6.07, 6.45) is 3.86. The van der Waals surface area contributed by atoms with Gasteiger partial charge in [0, 0.05) is 31.4 Å². The molecule has 1 aromatic rings. The summed E-state index contributed by atoms with van der Waals surface area (Å²) < 4.78 is 0. The number of hydrogen-bond donors (Lipinski definition) is 1. The molecule has 0 bridgehead atoms. The molecule has 2 saturated heterocycles. The van der Waals surface area contributed by atoms with Crippen molar-refractivity contribution >= 4 is 5.82 Å². The van der Waals surface area contributed by atoms with Crippen LogP contribution in [0.2, 0.25) is 0 Å². The first-order valence-electron chi connectivity index (χ1n) is 7.33. The van der Waals surface area contributed by atoms with Crippen LogP contribution in [0.3, 0.4) is 0 Å². The molecule has 19 heavy (non-hydrogen) atoms. The zero-order valence-electron chi connectivity index (χ0n) is 11.7. The van der Waals surface area contributed by atoms with Crippen LogP contribution in [0.4, 0.5) is 5.82 Å². The minimum Gasteiger partial charge on any atom is -0.392 e. The van der Waals surface area contributed by atoms with Gasteiger partial charge < -0.3 is 10.0 Å². The lowest BCUT2D eigenvalue weighted by molar-refractivity contribution is 0.273. The number of anilines is 1. The molecule has 1 aromatic heterocycles. The highest BCUT2D eigenvalue weighted by Gasteiger charge is 2.29. The van der Waals surface area contributed by atoms with Gasteiger partial charge in [0.25, 0.3) is 0 Å². The molecule has 2 aliphatic rings. The van der Waals surface area contributed by atoms with Crippen LogP contribution in [0.1, 0.15) is 30.5 Å². The molecular weight excluding hydrogens is 238 g/mol. The predicted octanol–water partition coefficient (Wildman–Crippen LogP) is 1.56. The van der Waals surface area contributed by atoms with Crippen molar-refractivity contribution in [2.24, 2.45) is 0 Å². The molecule has 0 radical (unpaired) electrons. The maximum absolute atomic E-state index is 9.34. The largest absolute Gasteiger partial charge is 0.392 e. The highest BCUT2D eigenvalue weighted by atomic mass is 16.3. The van der Waals surface area contributed by atoms with Gasteiger partial charge in [-0.1, -0.05) is 0 Å². The SMILES string of the molecule is Cc1cc(CO)cc(N2CCCN3CCCC3C2)n1. The van der Waals surface area contributed by atoms with Crippen LogP contribution in [-0.4, -0.2) is 47.2 Å². The number of fused-ring (bicyclic) bond motifs is 1. The summed E-state index contributed by atoms with van der Waals surface area (Å²) in [6, 6.07) is 4.70. The van der Waals surface area contributed by atoms with E-state index in [9.17, 15) is 5.11 Å². The first kappa shape index (κ1) is 12.9. The minimum atomic E-state index is 0.0970. The second-order valence-electron chi connectivity index (χ2n) is 5.76. The van der Waals surface area contributed by atoms with E-state index in [1.807, 2.05) is 19.1 Å². The van der Waals surface area contributed by atoms with Crippen LogP contribution in [0.15, 0.2) is 12.1 Å². The Bertz CT molecular complexity index is 449. The van der Waals surface area contributed by atoms with Gasteiger partial charge >= 0.3 is 0 Å². The van der Waals surface area contributed by atoms with Crippen LogP contribution in [0.25, 0.3) is 0 Å². The standard InChI is InChI=1S/C15H23N3O/c1-12-8-13(11-19)9-15(16-12)18-7-3-6-17-5-2-4-14(17)10-18/h8-9,14,19H,2-7,10-11H2,1H3. The van der Waals surface area contributed by atoms with Gasteiger partial charge in [0.2, 0.25) is 0 Å². The molecule has 0 aliphatic carbocycles. The van der Waals surface area contributed by atoms with Crippen molar-refractivity contribution in [1.29, 1.82) is 0 Å². The van der Waals surface area contributed by atoms with Crippen LogP contribution in [-0.2, 0) is 6.61 Å².